The molecule has 2 rings (SSSR count). The highest BCUT2D eigenvalue weighted by Crippen LogP contribution is 2.32. The molecule has 0 aliphatic heterocycles. The third-order valence-electron chi connectivity index (χ3n) is 3.58. The molecule has 0 spiro atoms. The van der Waals surface area contributed by atoms with Crippen LogP contribution in [0.25, 0.3) is 0 Å². The Morgan fingerprint density at radius 1 is 1.25 bits per heavy atom. The molecule has 1 aliphatic carbocycles. The third-order valence-corrected chi connectivity index (χ3v) is 3.58. The lowest BCUT2D eigenvalue weighted by Gasteiger charge is -2.16. The zero-order valence-corrected chi connectivity index (χ0v) is 10.2. The molecule has 4 heteroatoms. The van der Waals surface area contributed by atoms with Crippen LogP contribution in [-0.2, 0) is 13.1 Å². The monoisotopic (exact) mass is 222 g/mol. The Kier molecular flexibility index (Phi) is 3.93. The molecular weight excluding hydrogens is 200 g/mol. The summed E-state index contributed by atoms with van der Waals surface area (Å²) in [4.78, 5) is 0. The summed E-state index contributed by atoms with van der Waals surface area (Å²) >= 11 is 0. The molecule has 2 N–H and O–H groups in total. The topological polar surface area (TPSA) is 56.7 Å². The first kappa shape index (κ1) is 11.6. The number of hydrogen-bond acceptors (Lipinski definition) is 3. The minimum Gasteiger partial charge on any atom is -0.325 e. The van der Waals surface area contributed by atoms with Gasteiger partial charge in [0.15, 0.2) is 0 Å². The van der Waals surface area contributed by atoms with E-state index in [1.165, 1.54) is 44.2 Å². The molecule has 0 aromatic carbocycles. The Balaban J connectivity index is 2.24. The number of rotatable bonds is 3. The van der Waals surface area contributed by atoms with Crippen molar-refractivity contribution in [2.45, 2.75) is 64.5 Å². The first-order valence-corrected chi connectivity index (χ1v) is 6.49. The van der Waals surface area contributed by atoms with Crippen LogP contribution < -0.4 is 5.73 Å². The van der Waals surface area contributed by atoms with Crippen LogP contribution in [0.3, 0.4) is 0 Å². The van der Waals surface area contributed by atoms with Gasteiger partial charge in [0.1, 0.15) is 0 Å². The summed E-state index contributed by atoms with van der Waals surface area (Å²) in [6, 6.07) is 0. The molecule has 0 unspecified atom stereocenters. The van der Waals surface area contributed by atoms with Crippen LogP contribution in [0.1, 0.15) is 62.8 Å². The summed E-state index contributed by atoms with van der Waals surface area (Å²) < 4.78 is 2.04. The number of nitrogens with zero attached hydrogens (tertiary/aromatic N) is 3. The van der Waals surface area contributed by atoms with Gasteiger partial charge in [-0.1, -0.05) is 30.9 Å². The van der Waals surface area contributed by atoms with Crippen molar-refractivity contribution in [3.63, 3.8) is 0 Å². The minimum absolute atomic E-state index is 0.520. The van der Waals surface area contributed by atoms with Crippen LogP contribution in [0.5, 0.6) is 0 Å². The van der Waals surface area contributed by atoms with Crippen LogP contribution in [0.15, 0.2) is 0 Å². The molecule has 0 amide bonds. The fourth-order valence-electron chi connectivity index (χ4n) is 2.73. The molecule has 1 saturated carbocycles. The lowest BCUT2D eigenvalue weighted by atomic mass is 9.95. The van der Waals surface area contributed by atoms with E-state index in [1.807, 2.05) is 4.68 Å². The highest BCUT2D eigenvalue weighted by atomic mass is 15.4. The summed E-state index contributed by atoms with van der Waals surface area (Å²) in [5, 5.41) is 8.40. The van der Waals surface area contributed by atoms with Gasteiger partial charge in [-0.25, -0.2) is 4.68 Å². The Bertz CT molecular complexity index is 302. The van der Waals surface area contributed by atoms with Gasteiger partial charge in [-0.15, -0.1) is 5.10 Å². The predicted molar refractivity (Wildman–Crippen MR) is 64.0 cm³/mol. The van der Waals surface area contributed by atoms with Crippen molar-refractivity contribution >= 4 is 0 Å². The van der Waals surface area contributed by atoms with Crippen LogP contribution in [0.2, 0.25) is 0 Å². The SMILES string of the molecule is CCn1nnc(CN)c1C1CCCCCC1. The van der Waals surface area contributed by atoms with Crippen molar-refractivity contribution in [2.75, 3.05) is 0 Å². The van der Waals surface area contributed by atoms with E-state index in [0.717, 1.165) is 12.2 Å². The van der Waals surface area contributed by atoms with Gasteiger partial charge in [-0.3, -0.25) is 0 Å². The van der Waals surface area contributed by atoms with Gasteiger partial charge in [0.05, 0.1) is 11.4 Å². The summed E-state index contributed by atoms with van der Waals surface area (Å²) in [6.45, 7) is 3.54. The second-order valence-electron chi connectivity index (χ2n) is 4.63. The van der Waals surface area contributed by atoms with Crippen molar-refractivity contribution in [1.82, 2.24) is 15.0 Å². The van der Waals surface area contributed by atoms with Crippen molar-refractivity contribution in [3.05, 3.63) is 11.4 Å². The van der Waals surface area contributed by atoms with Gasteiger partial charge in [0.25, 0.3) is 0 Å². The zero-order valence-electron chi connectivity index (χ0n) is 10.2. The Labute approximate surface area is 97.2 Å². The molecule has 4 nitrogen and oxygen atoms in total. The average Bonchev–Trinajstić information content (AvgIpc) is 2.54. The Hall–Kier alpha value is -0.900. The van der Waals surface area contributed by atoms with Gasteiger partial charge < -0.3 is 5.73 Å². The van der Waals surface area contributed by atoms with Crippen LogP contribution in [-0.4, -0.2) is 15.0 Å². The van der Waals surface area contributed by atoms with Gasteiger partial charge in [0, 0.05) is 19.0 Å². The smallest absolute Gasteiger partial charge is 0.0997 e. The lowest BCUT2D eigenvalue weighted by Crippen LogP contribution is -2.11. The van der Waals surface area contributed by atoms with E-state index in [4.69, 9.17) is 5.73 Å². The maximum atomic E-state index is 5.75. The predicted octanol–water partition coefficient (Wildman–Crippen LogP) is 2.19. The maximum absolute atomic E-state index is 5.75. The zero-order chi connectivity index (χ0) is 11.4. The molecule has 90 valence electrons. The standard InChI is InChI=1S/C12H22N4/c1-2-16-12(11(9-13)14-15-16)10-7-5-3-4-6-8-10/h10H,2-9,13H2,1H3. The van der Waals surface area contributed by atoms with E-state index < -0.39 is 0 Å². The Morgan fingerprint density at radius 2 is 1.94 bits per heavy atom. The third kappa shape index (κ3) is 2.26. The first-order valence-electron chi connectivity index (χ1n) is 6.49. The summed E-state index contributed by atoms with van der Waals surface area (Å²) in [6.07, 6.45) is 7.98. The van der Waals surface area contributed by atoms with Crippen LogP contribution >= 0.6 is 0 Å². The number of nitrogens with two attached hydrogens (primary N) is 1. The molecule has 1 aliphatic rings. The minimum atomic E-state index is 0.520. The quantitative estimate of drug-likeness (QED) is 0.798. The van der Waals surface area contributed by atoms with Gasteiger partial charge >= 0.3 is 0 Å². The van der Waals surface area contributed by atoms with Gasteiger partial charge in [0.2, 0.25) is 0 Å². The van der Waals surface area contributed by atoms with Crippen molar-refractivity contribution in [2.24, 2.45) is 5.73 Å². The molecule has 0 atom stereocenters. The van der Waals surface area contributed by atoms with E-state index in [2.05, 4.69) is 17.2 Å². The second-order valence-corrected chi connectivity index (χ2v) is 4.63. The van der Waals surface area contributed by atoms with Crippen molar-refractivity contribution < 1.29 is 0 Å². The molecule has 1 heterocycles. The summed E-state index contributed by atoms with van der Waals surface area (Å²) in [5.41, 5.74) is 8.07. The van der Waals surface area contributed by atoms with Crippen molar-refractivity contribution in [1.29, 1.82) is 0 Å². The van der Waals surface area contributed by atoms with Crippen LogP contribution in [0.4, 0.5) is 0 Å². The molecule has 16 heavy (non-hydrogen) atoms. The molecule has 0 saturated heterocycles. The number of aromatic nitrogens is 3. The molecule has 1 fully saturated rings. The lowest BCUT2D eigenvalue weighted by molar-refractivity contribution is 0.510. The van der Waals surface area contributed by atoms with E-state index in [1.54, 1.807) is 0 Å². The fraction of sp³-hybridized carbons (Fsp3) is 0.833. The maximum Gasteiger partial charge on any atom is 0.0997 e. The van der Waals surface area contributed by atoms with E-state index in [-0.39, 0.29) is 0 Å². The van der Waals surface area contributed by atoms with Gasteiger partial charge in [-0.05, 0) is 19.8 Å². The number of hydrogen-bond donors (Lipinski definition) is 1. The highest BCUT2D eigenvalue weighted by molar-refractivity contribution is 5.16. The highest BCUT2D eigenvalue weighted by Gasteiger charge is 2.22. The first-order chi connectivity index (χ1) is 7.86. The van der Waals surface area contributed by atoms with E-state index in [0.29, 0.717) is 12.5 Å². The molecule has 0 radical (unpaired) electrons. The van der Waals surface area contributed by atoms with Crippen molar-refractivity contribution in [3.8, 4) is 0 Å². The van der Waals surface area contributed by atoms with Crippen LogP contribution in [0, 0.1) is 0 Å². The molecule has 1 aromatic rings. The van der Waals surface area contributed by atoms with E-state index >= 15 is 0 Å². The molecule has 0 bridgehead atoms. The average molecular weight is 222 g/mol. The second kappa shape index (κ2) is 5.43. The normalized spacial score (nSPS) is 18.6. The fourth-order valence-corrected chi connectivity index (χ4v) is 2.73. The molecule has 1 aromatic heterocycles. The largest absolute Gasteiger partial charge is 0.325 e. The summed E-state index contributed by atoms with van der Waals surface area (Å²) in [5.74, 6) is 0.635. The summed E-state index contributed by atoms with van der Waals surface area (Å²) in [7, 11) is 0. The Morgan fingerprint density at radius 3 is 2.50 bits per heavy atom. The molecular formula is C12H22N4. The van der Waals surface area contributed by atoms with Gasteiger partial charge in [-0.2, -0.15) is 0 Å². The van der Waals surface area contributed by atoms with E-state index in [9.17, 15) is 0 Å². The number of aryl methyl sites for hydroxylation is 1.